The molecule has 1 unspecified atom stereocenters. The van der Waals surface area contributed by atoms with Crippen molar-refractivity contribution in [2.24, 2.45) is 5.92 Å². The maximum Gasteiger partial charge on any atom is 0.251 e. The molecule has 1 saturated carbocycles. The first-order chi connectivity index (χ1) is 11.1. The minimum absolute atomic E-state index is 0.0434. The van der Waals surface area contributed by atoms with E-state index >= 15 is 0 Å². The Bertz CT molecular complexity index is 653. The van der Waals surface area contributed by atoms with Gasteiger partial charge in [0, 0.05) is 10.9 Å². The maximum absolute atomic E-state index is 12.3. The molecule has 5 nitrogen and oxygen atoms in total. The number of nitrogens with zero attached hydrogens (tertiary/aromatic N) is 1. The molecule has 1 heterocycles. The fraction of sp³-hybridized carbons (Fsp3) is 0.412. The SMILES string of the molecule is CC(CO)(NC(=O)c1ccc(OCc2cscn2)cc1)C1CC1. The van der Waals surface area contributed by atoms with E-state index in [-0.39, 0.29) is 12.5 Å². The topological polar surface area (TPSA) is 71.5 Å². The standard InChI is InChI=1S/C17H20N2O3S/c1-17(10-20,13-4-5-13)19-16(21)12-2-6-15(7-3-12)22-8-14-9-23-11-18-14/h2-3,6-7,9,11,13,20H,4-5,8,10H2,1H3,(H,19,21). The second-order valence-corrected chi connectivity index (χ2v) is 6.82. The lowest BCUT2D eigenvalue weighted by molar-refractivity contribution is 0.0824. The van der Waals surface area contributed by atoms with Gasteiger partial charge in [-0.15, -0.1) is 11.3 Å². The van der Waals surface area contributed by atoms with Gasteiger partial charge in [0.15, 0.2) is 0 Å². The molecule has 0 spiro atoms. The number of hydrogen-bond donors (Lipinski definition) is 2. The van der Waals surface area contributed by atoms with Crippen LogP contribution in [0.5, 0.6) is 5.75 Å². The third kappa shape index (κ3) is 3.89. The van der Waals surface area contributed by atoms with Crippen molar-refractivity contribution in [2.75, 3.05) is 6.61 Å². The molecule has 1 atom stereocenters. The summed E-state index contributed by atoms with van der Waals surface area (Å²) in [6, 6.07) is 7.01. The maximum atomic E-state index is 12.3. The van der Waals surface area contributed by atoms with Crippen molar-refractivity contribution in [1.82, 2.24) is 10.3 Å². The van der Waals surface area contributed by atoms with Crippen LogP contribution in [0, 0.1) is 5.92 Å². The Balaban J connectivity index is 1.58. The quantitative estimate of drug-likeness (QED) is 0.817. The molecule has 0 radical (unpaired) electrons. The Morgan fingerprint density at radius 3 is 2.74 bits per heavy atom. The normalized spacial score (nSPS) is 16.6. The number of rotatable bonds is 7. The summed E-state index contributed by atoms with van der Waals surface area (Å²) in [5, 5.41) is 14.5. The molecule has 0 aliphatic heterocycles. The van der Waals surface area contributed by atoms with Crippen molar-refractivity contribution in [3.05, 3.63) is 46.4 Å². The number of aliphatic hydroxyl groups is 1. The molecule has 0 bridgehead atoms. The van der Waals surface area contributed by atoms with Crippen LogP contribution in [0.15, 0.2) is 35.2 Å². The summed E-state index contributed by atoms with van der Waals surface area (Å²) in [6.07, 6.45) is 2.11. The third-order valence-corrected chi connectivity index (χ3v) is 4.83. The average molecular weight is 332 g/mol. The molecular weight excluding hydrogens is 312 g/mol. The van der Waals surface area contributed by atoms with Crippen molar-refractivity contribution in [3.63, 3.8) is 0 Å². The lowest BCUT2D eigenvalue weighted by Crippen LogP contribution is -2.50. The number of nitrogens with one attached hydrogen (secondary N) is 1. The van der Waals surface area contributed by atoms with E-state index in [1.54, 1.807) is 29.8 Å². The van der Waals surface area contributed by atoms with Gasteiger partial charge in [-0.25, -0.2) is 4.98 Å². The predicted molar refractivity (Wildman–Crippen MR) is 88.6 cm³/mol. The molecule has 1 aromatic carbocycles. The van der Waals surface area contributed by atoms with Gasteiger partial charge >= 0.3 is 0 Å². The summed E-state index contributed by atoms with van der Waals surface area (Å²) >= 11 is 1.53. The molecule has 1 aliphatic rings. The molecule has 3 rings (SSSR count). The monoisotopic (exact) mass is 332 g/mol. The molecule has 6 heteroatoms. The summed E-state index contributed by atoms with van der Waals surface area (Å²) < 4.78 is 5.63. The Labute approximate surface area is 139 Å². The van der Waals surface area contributed by atoms with Crippen LogP contribution in [0.1, 0.15) is 35.8 Å². The van der Waals surface area contributed by atoms with Gasteiger partial charge in [-0.2, -0.15) is 0 Å². The molecular formula is C17H20N2O3S. The smallest absolute Gasteiger partial charge is 0.251 e. The molecule has 1 aromatic heterocycles. The van der Waals surface area contributed by atoms with Gasteiger partial charge in [0.25, 0.3) is 5.91 Å². The number of amides is 1. The Hall–Kier alpha value is -1.92. The van der Waals surface area contributed by atoms with E-state index in [0.717, 1.165) is 18.5 Å². The van der Waals surface area contributed by atoms with Gasteiger partial charge in [0.2, 0.25) is 0 Å². The van der Waals surface area contributed by atoms with E-state index < -0.39 is 5.54 Å². The second kappa shape index (κ2) is 6.68. The molecule has 2 N–H and O–H groups in total. The van der Waals surface area contributed by atoms with Crippen molar-refractivity contribution >= 4 is 17.2 Å². The Morgan fingerprint density at radius 2 is 2.17 bits per heavy atom. The van der Waals surface area contributed by atoms with Crippen LogP contribution >= 0.6 is 11.3 Å². The van der Waals surface area contributed by atoms with Crippen LogP contribution in [-0.2, 0) is 6.61 Å². The van der Waals surface area contributed by atoms with Crippen LogP contribution in [0.3, 0.4) is 0 Å². The Morgan fingerprint density at radius 1 is 1.43 bits per heavy atom. The van der Waals surface area contributed by atoms with Crippen LogP contribution < -0.4 is 10.1 Å². The van der Waals surface area contributed by atoms with Gasteiger partial charge < -0.3 is 15.2 Å². The first kappa shape index (κ1) is 16.0. The summed E-state index contributed by atoms with van der Waals surface area (Å²) in [6.45, 7) is 2.27. The first-order valence-corrected chi connectivity index (χ1v) is 8.58. The Kier molecular flexibility index (Phi) is 4.63. The highest BCUT2D eigenvalue weighted by atomic mass is 32.1. The van der Waals surface area contributed by atoms with Crippen LogP contribution in [0.25, 0.3) is 0 Å². The first-order valence-electron chi connectivity index (χ1n) is 7.64. The van der Waals surface area contributed by atoms with E-state index in [1.807, 2.05) is 12.3 Å². The molecule has 23 heavy (non-hydrogen) atoms. The van der Waals surface area contributed by atoms with Crippen LogP contribution in [-0.4, -0.2) is 28.1 Å². The fourth-order valence-corrected chi connectivity index (χ4v) is 3.03. The van der Waals surface area contributed by atoms with E-state index in [4.69, 9.17) is 4.74 Å². The van der Waals surface area contributed by atoms with Crippen LogP contribution in [0.2, 0.25) is 0 Å². The highest BCUT2D eigenvalue weighted by Crippen LogP contribution is 2.39. The number of ether oxygens (including phenoxy) is 1. The number of aliphatic hydroxyl groups excluding tert-OH is 1. The minimum atomic E-state index is -0.531. The number of aromatic nitrogens is 1. The lowest BCUT2D eigenvalue weighted by Gasteiger charge is -2.28. The summed E-state index contributed by atoms with van der Waals surface area (Å²) in [7, 11) is 0. The van der Waals surface area contributed by atoms with Gasteiger partial charge in [-0.1, -0.05) is 0 Å². The lowest BCUT2D eigenvalue weighted by atomic mass is 9.96. The predicted octanol–water partition coefficient (Wildman–Crippen LogP) is 2.61. The summed E-state index contributed by atoms with van der Waals surface area (Å²) in [5.41, 5.74) is 2.69. The minimum Gasteiger partial charge on any atom is -0.487 e. The van der Waals surface area contributed by atoms with E-state index in [9.17, 15) is 9.90 Å². The summed E-state index contributed by atoms with van der Waals surface area (Å²) in [4.78, 5) is 16.5. The van der Waals surface area contributed by atoms with E-state index in [0.29, 0.717) is 23.8 Å². The number of carbonyl (C=O) groups is 1. The number of carbonyl (C=O) groups excluding carboxylic acids is 1. The number of thiazole rings is 1. The van der Waals surface area contributed by atoms with Gasteiger partial charge in [-0.3, -0.25) is 4.79 Å². The molecule has 1 amide bonds. The van der Waals surface area contributed by atoms with Crippen molar-refractivity contribution in [2.45, 2.75) is 31.9 Å². The van der Waals surface area contributed by atoms with E-state index in [1.165, 1.54) is 11.3 Å². The zero-order chi connectivity index (χ0) is 16.3. The number of benzene rings is 1. The molecule has 1 fully saturated rings. The number of hydrogen-bond acceptors (Lipinski definition) is 5. The largest absolute Gasteiger partial charge is 0.487 e. The fourth-order valence-electron chi connectivity index (χ4n) is 2.49. The van der Waals surface area contributed by atoms with Gasteiger partial charge in [0.1, 0.15) is 12.4 Å². The molecule has 2 aromatic rings. The third-order valence-electron chi connectivity index (χ3n) is 4.19. The van der Waals surface area contributed by atoms with Crippen molar-refractivity contribution < 1.29 is 14.6 Å². The average Bonchev–Trinajstić information content (AvgIpc) is 3.31. The summed E-state index contributed by atoms with van der Waals surface area (Å²) in [5.74, 6) is 0.901. The zero-order valence-corrected chi connectivity index (χ0v) is 13.8. The molecule has 1 aliphatic carbocycles. The van der Waals surface area contributed by atoms with Crippen molar-refractivity contribution in [3.8, 4) is 5.75 Å². The highest BCUT2D eigenvalue weighted by Gasteiger charge is 2.42. The zero-order valence-electron chi connectivity index (χ0n) is 13.0. The molecule has 0 saturated heterocycles. The van der Waals surface area contributed by atoms with Gasteiger partial charge in [0.05, 0.1) is 23.4 Å². The highest BCUT2D eigenvalue weighted by molar-refractivity contribution is 7.07. The van der Waals surface area contributed by atoms with Crippen molar-refractivity contribution in [1.29, 1.82) is 0 Å². The van der Waals surface area contributed by atoms with Gasteiger partial charge in [-0.05, 0) is 49.9 Å². The second-order valence-electron chi connectivity index (χ2n) is 6.10. The molecule has 122 valence electrons. The van der Waals surface area contributed by atoms with E-state index in [2.05, 4.69) is 10.3 Å². The van der Waals surface area contributed by atoms with Crippen LogP contribution in [0.4, 0.5) is 0 Å².